The second kappa shape index (κ2) is 5.75. The van der Waals surface area contributed by atoms with Crippen LogP contribution in [0.1, 0.15) is 27.7 Å². The van der Waals surface area contributed by atoms with Gasteiger partial charge in [-0.1, -0.05) is 36.3 Å². The van der Waals surface area contributed by atoms with Crippen LogP contribution in [0.2, 0.25) is 0 Å². The Kier molecular flexibility index (Phi) is 3.81. The van der Waals surface area contributed by atoms with Gasteiger partial charge in [-0.2, -0.15) is 0 Å². The molecule has 106 valence electrons. The van der Waals surface area contributed by atoms with E-state index in [1.54, 1.807) is 11.3 Å². The Morgan fingerprint density at radius 1 is 1.29 bits per heavy atom. The van der Waals surface area contributed by atoms with Crippen LogP contribution in [-0.4, -0.2) is 23.9 Å². The lowest BCUT2D eigenvalue weighted by molar-refractivity contribution is -0.127. The summed E-state index contributed by atoms with van der Waals surface area (Å²) in [5.74, 6) is 3.16. The second-order valence-electron chi connectivity index (χ2n) is 5.41. The summed E-state index contributed by atoms with van der Waals surface area (Å²) >= 11 is 1.65. The lowest BCUT2D eigenvalue weighted by Gasteiger charge is -2.24. The third-order valence-electron chi connectivity index (χ3n) is 4.19. The molecule has 1 aromatic heterocycles. The SMILES string of the molecule is C#Cc1ccc(CC2C(c3ccccc3)CC(=O)N2C)s1. The Morgan fingerprint density at radius 3 is 2.71 bits per heavy atom. The number of thiophene rings is 1. The van der Waals surface area contributed by atoms with Crippen LogP contribution in [0.3, 0.4) is 0 Å². The number of benzene rings is 1. The van der Waals surface area contributed by atoms with Crippen LogP contribution in [0.5, 0.6) is 0 Å². The highest BCUT2D eigenvalue weighted by atomic mass is 32.1. The minimum Gasteiger partial charge on any atom is -0.342 e. The van der Waals surface area contributed by atoms with E-state index in [9.17, 15) is 4.79 Å². The molecule has 1 fully saturated rings. The van der Waals surface area contributed by atoms with Crippen molar-refractivity contribution in [2.45, 2.75) is 24.8 Å². The van der Waals surface area contributed by atoms with Gasteiger partial charge < -0.3 is 4.90 Å². The molecule has 1 saturated heterocycles. The van der Waals surface area contributed by atoms with Gasteiger partial charge in [0.15, 0.2) is 0 Å². The van der Waals surface area contributed by atoms with Crippen molar-refractivity contribution in [3.05, 3.63) is 57.8 Å². The van der Waals surface area contributed by atoms with E-state index >= 15 is 0 Å². The molecule has 3 heteroatoms. The molecule has 1 aliphatic heterocycles. The topological polar surface area (TPSA) is 20.3 Å². The van der Waals surface area contributed by atoms with Crippen molar-refractivity contribution in [2.75, 3.05) is 7.05 Å². The smallest absolute Gasteiger partial charge is 0.223 e. The van der Waals surface area contributed by atoms with Gasteiger partial charge in [0, 0.05) is 36.7 Å². The zero-order chi connectivity index (χ0) is 14.8. The molecular formula is C18H17NOS. The monoisotopic (exact) mass is 295 g/mol. The number of carbonyl (C=O) groups excluding carboxylic acids is 1. The van der Waals surface area contributed by atoms with Crippen LogP contribution >= 0.6 is 11.3 Å². The van der Waals surface area contributed by atoms with E-state index in [-0.39, 0.29) is 17.9 Å². The first-order valence-corrected chi connectivity index (χ1v) is 7.86. The van der Waals surface area contributed by atoms with Crippen molar-refractivity contribution in [1.29, 1.82) is 0 Å². The Hall–Kier alpha value is -2.05. The number of amides is 1. The van der Waals surface area contributed by atoms with Gasteiger partial charge in [0.1, 0.15) is 0 Å². The molecule has 2 aromatic rings. The van der Waals surface area contributed by atoms with Crippen LogP contribution in [0, 0.1) is 12.3 Å². The maximum Gasteiger partial charge on any atom is 0.223 e. The van der Waals surface area contributed by atoms with Gasteiger partial charge in [-0.25, -0.2) is 0 Å². The van der Waals surface area contributed by atoms with Crippen LogP contribution in [0.25, 0.3) is 0 Å². The van der Waals surface area contributed by atoms with Crippen molar-refractivity contribution in [1.82, 2.24) is 4.90 Å². The summed E-state index contributed by atoms with van der Waals surface area (Å²) < 4.78 is 0. The van der Waals surface area contributed by atoms with Gasteiger partial charge >= 0.3 is 0 Å². The fraction of sp³-hybridized carbons (Fsp3) is 0.278. The largest absolute Gasteiger partial charge is 0.342 e. The molecule has 21 heavy (non-hydrogen) atoms. The van der Waals surface area contributed by atoms with E-state index in [4.69, 9.17) is 6.42 Å². The number of nitrogens with zero attached hydrogens (tertiary/aromatic N) is 1. The number of likely N-dealkylation sites (tertiary alicyclic amines) is 1. The van der Waals surface area contributed by atoms with E-state index in [2.05, 4.69) is 24.1 Å². The molecule has 0 spiro atoms. The highest BCUT2D eigenvalue weighted by Crippen LogP contribution is 2.36. The van der Waals surface area contributed by atoms with Gasteiger partial charge in [0.05, 0.1) is 4.88 Å². The van der Waals surface area contributed by atoms with Gasteiger partial charge in [0.25, 0.3) is 0 Å². The third-order valence-corrected chi connectivity index (χ3v) is 5.23. The van der Waals surface area contributed by atoms with E-state index in [0.717, 1.165) is 11.3 Å². The molecule has 1 aliphatic rings. The molecule has 2 unspecified atom stereocenters. The number of likely N-dealkylation sites (N-methyl/N-ethyl adjacent to an activating group) is 1. The Labute approximate surface area is 129 Å². The summed E-state index contributed by atoms with van der Waals surface area (Å²) in [6.45, 7) is 0. The number of carbonyl (C=O) groups is 1. The molecule has 1 aromatic carbocycles. The number of hydrogen-bond donors (Lipinski definition) is 0. The maximum atomic E-state index is 12.1. The molecule has 3 rings (SSSR count). The Morgan fingerprint density at radius 2 is 2.05 bits per heavy atom. The average Bonchev–Trinajstić information content (AvgIpc) is 3.08. The first-order chi connectivity index (χ1) is 10.2. The van der Waals surface area contributed by atoms with Gasteiger partial charge in [-0.3, -0.25) is 4.79 Å². The van der Waals surface area contributed by atoms with Crippen molar-refractivity contribution >= 4 is 17.2 Å². The predicted octanol–water partition coefficient (Wildman–Crippen LogP) is 3.29. The molecule has 0 radical (unpaired) electrons. The Balaban J connectivity index is 1.86. The standard InChI is InChI=1S/C18H17NOS/c1-3-14-9-10-15(21-14)11-17-16(12-18(20)19(17)2)13-7-5-4-6-8-13/h1,4-10,16-17H,11-12H2,2H3. The number of rotatable bonds is 3. The fourth-order valence-corrected chi connectivity index (χ4v) is 3.88. The van der Waals surface area contributed by atoms with Gasteiger partial charge in [0.2, 0.25) is 5.91 Å². The molecule has 2 heterocycles. The van der Waals surface area contributed by atoms with E-state index < -0.39 is 0 Å². The number of hydrogen-bond acceptors (Lipinski definition) is 2. The molecule has 2 atom stereocenters. The van der Waals surface area contributed by atoms with Crippen LogP contribution in [0.4, 0.5) is 0 Å². The average molecular weight is 295 g/mol. The third kappa shape index (κ3) is 2.72. The zero-order valence-electron chi connectivity index (χ0n) is 12.0. The minimum atomic E-state index is 0.212. The van der Waals surface area contributed by atoms with Crippen molar-refractivity contribution in [2.24, 2.45) is 0 Å². The van der Waals surface area contributed by atoms with Crippen molar-refractivity contribution in [3.8, 4) is 12.3 Å². The van der Waals surface area contributed by atoms with Gasteiger partial charge in [-0.05, 0) is 17.7 Å². The van der Waals surface area contributed by atoms with E-state index in [0.29, 0.717) is 6.42 Å². The quantitative estimate of drug-likeness (QED) is 0.796. The minimum absolute atomic E-state index is 0.212. The first-order valence-electron chi connectivity index (χ1n) is 7.05. The summed E-state index contributed by atoms with van der Waals surface area (Å²) in [5.41, 5.74) is 1.24. The summed E-state index contributed by atoms with van der Waals surface area (Å²) in [4.78, 5) is 16.2. The fourth-order valence-electron chi connectivity index (χ4n) is 3.01. The van der Waals surface area contributed by atoms with E-state index in [1.807, 2.05) is 36.2 Å². The lowest BCUT2D eigenvalue weighted by Crippen LogP contribution is -2.32. The molecular weight excluding hydrogens is 278 g/mol. The highest BCUT2D eigenvalue weighted by Gasteiger charge is 2.38. The molecule has 2 nitrogen and oxygen atoms in total. The molecule has 0 saturated carbocycles. The molecule has 1 amide bonds. The summed E-state index contributed by atoms with van der Waals surface area (Å²) in [7, 11) is 1.91. The highest BCUT2D eigenvalue weighted by molar-refractivity contribution is 7.12. The predicted molar refractivity (Wildman–Crippen MR) is 86.3 cm³/mol. The van der Waals surface area contributed by atoms with Gasteiger partial charge in [-0.15, -0.1) is 17.8 Å². The van der Waals surface area contributed by atoms with Crippen molar-refractivity contribution < 1.29 is 4.79 Å². The van der Waals surface area contributed by atoms with Crippen LogP contribution in [-0.2, 0) is 11.2 Å². The van der Waals surface area contributed by atoms with Crippen LogP contribution < -0.4 is 0 Å². The normalized spacial score (nSPS) is 21.5. The summed E-state index contributed by atoms with van der Waals surface area (Å²) in [6, 6.07) is 14.6. The first kappa shape index (κ1) is 13.9. The zero-order valence-corrected chi connectivity index (χ0v) is 12.8. The molecule has 0 N–H and O–H groups in total. The second-order valence-corrected chi connectivity index (χ2v) is 6.58. The summed E-state index contributed by atoms with van der Waals surface area (Å²) in [6.07, 6.45) is 6.90. The molecule has 0 aliphatic carbocycles. The lowest BCUT2D eigenvalue weighted by atomic mass is 9.89. The molecule has 0 bridgehead atoms. The number of terminal acetylenes is 1. The Bertz CT molecular complexity index is 683. The van der Waals surface area contributed by atoms with Crippen molar-refractivity contribution in [3.63, 3.8) is 0 Å². The maximum absolute atomic E-state index is 12.1. The van der Waals surface area contributed by atoms with E-state index in [1.165, 1.54) is 10.4 Å². The van der Waals surface area contributed by atoms with Crippen LogP contribution in [0.15, 0.2) is 42.5 Å². The summed E-state index contributed by atoms with van der Waals surface area (Å²) in [5, 5.41) is 0.